The van der Waals surface area contributed by atoms with Crippen molar-refractivity contribution >= 4 is 86.0 Å². The molecule has 2 aromatic carbocycles. The lowest BCUT2D eigenvalue weighted by Gasteiger charge is -2.37. The zero-order valence-corrected chi connectivity index (χ0v) is 29.4. The maximum Gasteiger partial charge on any atom is 0.407 e. The van der Waals surface area contributed by atoms with E-state index in [4.69, 9.17) is 51.1 Å². The number of benzene rings is 2. The van der Waals surface area contributed by atoms with E-state index in [-0.39, 0.29) is 56.5 Å². The van der Waals surface area contributed by atoms with Crippen LogP contribution >= 0.6 is 46.4 Å². The van der Waals surface area contributed by atoms with Gasteiger partial charge in [-0.25, -0.2) is 18.0 Å². The summed E-state index contributed by atoms with van der Waals surface area (Å²) in [6, 6.07) is 7.05. The molecule has 1 fully saturated rings. The number of aromatic nitrogens is 1. The fraction of sp³-hybridized carbons (Fsp3) is 0.258. The predicted octanol–water partition coefficient (Wildman–Crippen LogP) is 5.19. The number of nitrogens with one attached hydrogen (secondary N) is 3. The molecule has 13 nitrogen and oxygen atoms in total. The summed E-state index contributed by atoms with van der Waals surface area (Å²) in [4.78, 5) is 55.2. The second kappa shape index (κ2) is 15.7. The Labute approximate surface area is 301 Å². The van der Waals surface area contributed by atoms with Crippen molar-refractivity contribution in [3.05, 3.63) is 98.7 Å². The minimum absolute atomic E-state index is 0.0211. The van der Waals surface area contributed by atoms with Crippen molar-refractivity contribution in [1.82, 2.24) is 19.9 Å². The first-order valence-corrected chi connectivity index (χ1v) is 17.3. The van der Waals surface area contributed by atoms with Crippen LogP contribution in [0.1, 0.15) is 29.3 Å². The summed E-state index contributed by atoms with van der Waals surface area (Å²) in [5.41, 5.74) is -1.24. The first-order chi connectivity index (χ1) is 23.1. The van der Waals surface area contributed by atoms with Crippen LogP contribution in [0.2, 0.25) is 20.1 Å². The highest BCUT2D eigenvalue weighted by atomic mass is 35.5. The molecule has 4 rings (SSSR count). The average molecular weight is 773 g/mol. The molecule has 18 heteroatoms. The van der Waals surface area contributed by atoms with Crippen LogP contribution < -0.4 is 16.0 Å². The van der Waals surface area contributed by atoms with Gasteiger partial charge in [0, 0.05) is 41.1 Å². The Balaban J connectivity index is 1.58. The third kappa shape index (κ3) is 8.63. The number of nitrogens with zero attached hydrogens (tertiary/aromatic N) is 2. The molecular formula is C31H29Cl4N5O8S. The summed E-state index contributed by atoms with van der Waals surface area (Å²) in [5.74, 6) is -3.01. The zero-order chi connectivity index (χ0) is 36.1. The highest BCUT2D eigenvalue weighted by Gasteiger charge is 2.57. The van der Waals surface area contributed by atoms with Crippen LogP contribution in [0.25, 0.3) is 0 Å². The van der Waals surface area contributed by atoms with Gasteiger partial charge in [-0.05, 0) is 49.2 Å². The van der Waals surface area contributed by atoms with Gasteiger partial charge in [0.25, 0.3) is 5.91 Å². The van der Waals surface area contributed by atoms with Crippen LogP contribution in [0.5, 0.6) is 0 Å². The third-order valence-corrected chi connectivity index (χ3v) is 10.6. The van der Waals surface area contributed by atoms with Crippen LogP contribution in [0.4, 0.5) is 10.5 Å². The number of anilines is 1. The van der Waals surface area contributed by atoms with Gasteiger partial charge in [0.15, 0.2) is 0 Å². The number of rotatable bonds is 12. The van der Waals surface area contributed by atoms with E-state index in [2.05, 4.69) is 27.5 Å². The van der Waals surface area contributed by atoms with E-state index in [9.17, 15) is 32.7 Å². The van der Waals surface area contributed by atoms with Gasteiger partial charge < -0.3 is 25.8 Å². The van der Waals surface area contributed by atoms with E-state index in [1.165, 1.54) is 55.7 Å². The van der Waals surface area contributed by atoms with Gasteiger partial charge in [-0.3, -0.25) is 14.6 Å². The van der Waals surface area contributed by atoms with Crippen LogP contribution in [0.3, 0.4) is 0 Å². The molecule has 3 aromatic rings. The number of amides is 3. The normalized spacial score (nSPS) is 18.3. The Morgan fingerprint density at radius 2 is 1.69 bits per heavy atom. The van der Waals surface area contributed by atoms with Gasteiger partial charge in [-0.15, -0.1) is 0 Å². The number of halogens is 4. The molecule has 0 aliphatic carbocycles. The molecule has 2 heterocycles. The number of hydrogen-bond donors (Lipinski definition) is 4. The molecule has 0 spiro atoms. The molecular weight excluding hydrogens is 744 g/mol. The van der Waals surface area contributed by atoms with Crippen molar-refractivity contribution in [3.8, 4) is 0 Å². The van der Waals surface area contributed by atoms with E-state index in [0.717, 1.165) is 16.4 Å². The standard InChI is InChI=1S/C31H29Cl4N5O8S/c1-3-10-48-30(45)39-25-8-9-40(49(46,47)21-13-18(32)12-19(33)14-21)31(25,2)29(44)38-24(28(42)43)11-17-4-6-20(7-5-17)37-27(41)26-22(34)15-36-16-23(26)35/h3-7,12-16,24-25H,1,8-11H2,2H3,(H,37,41)(H,38,44)(H,39,45)(H,42,43)/t24-,25-,31?/m0/s1. The van der Waals surface area contributed by atoms with Crippen LogP contribution in [-0.2, 0) is 30.8 Å². The lowest BCUT2D eigenvalue weighted by atomic mass is 9.92. The Morgan fingerprint density at radius 1 is 1.08 bits per heavy atom. The first-order valence-electron chi connectivity index (χ1n) is 14.3. The number of hydrogen-bond acceptors (Lipinski definition) is 8. The second-order valence-corrected chi connectivity index (χ2v) is 14.4. The number of pyridine rings is 1. The second-order valence-electron chi connectivity index (χ2n) is 10.9. The first kappa shape index (κ1) is 37.9. The molecule has 1 aliphatic heterocycles. The molecule has 260 valence electrons. The maximum atomic E-state index is 14.1. The number of aliphatic carboxylic acids is 1. The van der Waals surface area contributed by atoms with Crippen molar-refractivity contribution in [2.24, 2.45) is 0 Å². The van der Waals surface area contributed by atoms with Gasteiger partial charge in [-0.2, -0.15) is 4.31 Å². The maximum absolute atomic E-state index is 14.1. The summed E-state index contributed by atoms with van der Waals surface area (Å²) in [5, 5.41) is 17.8. The zero-order valence-electron chi connectivity index (χ0n) is 25.6. The van der Waals surface area contributed by atoms with Crippen LogP contribution in [0, 0.1) is 0 Å². The van der Waals surface area contributed by atoms with E-state index < -0.39 is 51.5 Å². The van der Waals surface area contributed by atoms with Crippen LogP contribution in [0.15, 0.2) is 72.4 Å². The third-order valence-electron chi connectivity index (χ3n) is 7.66. The van der Waals surface area contributed by atoms with E-state index in [1.807, 2.05) is 0 Å². The highest BCUT2D eigenvalue weighted by Crippen LogP contribution is 2.37. The molecule has 0 saturated carbocycles. The SMILES string of the molecule is C=CCOC(=O)N[C@H]1CCN(S(=O)(=O)c2cc(Cl)cc(Cl)c2)C1(C)C(=O)N[C@@H](Cc1ccc(NC(=O)c2c(Cl)cncc2Cl)cc1)C(=O)O. The van der Waals surface area contributed by atoms with Gasteiger partial charge >= 0.3 is 12.1 Å². The van der Waals surface area contributed by atoms with Crippen molar-refractivity contribution in [3.63, 3.8) is 0 Å². The Morgan fingerprint density at radius 3 is 2.27 bits per heavy atom. The van der Waals surface area contributed by atoms with E-state index in [0.29, 0.717) is 11.3 Å². The average Bonchev–Trinajstić information content (AvgIpc) is 3.37. The van der Waals surface area contributed by atoms with E-state index in [1.54, 1.807) is 0 Å². The molecule has 1 aromatic heterocycles. The molecule has 1 aliphatic rings. The van der Waals surface area contributed by atoms with Gasteiger partial charge in [0.05, 0.1) is 26.5 Å². The number of carboxylic acids is 1. The highest BCUT2D eigenvalue weighted by molar-refractivity contribution is 7.89. The summed E-state index contributed by atoms with van der Waals surface area (Å²) < 4.78 is 33.7. The topological polar surface area (TPSA) is 184 Å². The number of carbonyl (C=O) groups is 4. The molecule has 49 heavy (non-hydrogen) atoms. The monoisotopic (exact) mass is 771 g/mol. The minimum atomic E-state index is -4.48. The Hall–Kier alpha value is -3.92. The van der Waals surface area contributed by atoms with Crippen molar-refractivity contribution in [1.29, 1.82) is 0 Å². The minimum Gasteiger partial charge on any atom is -0.480 e. The number of ether oxygens (including phenoxy) is 1. The number of alkyl carbamates (subject to hydrolysis) is 1. The summed E-state index contributed by atoms with van der Waals surface area (Å²) in [6.07, 6.45) is 2.66. The molecule has 3 atom stereocenters. The van der Waals surface area contributed by atoms with Gasteiger partial charge in [-0.1, -0.05) is 71.2 Å². The fourth-order valence-corrected chi connectivity index (χ4v) is 8.25. The van der Waals surface area contributed by atoms with Gasteiger partial charge in [0.2, 0.25) is 15.9 Å². The van der Waals surface area contributed by atoms with Gasteiger partial charge in [0.1, 0.15) is 18.2 Å². The number of carboxylic acid groups (broad SMARTS) is 1. The Bertz CT molecular complexity index is 1860. The smallest absolute Gasteiger partial charge is 0.407 e. The molecule has 0 bridgehead atoms. The molecule has 1 saturated heterocycles. The van der Waals surface area contributed by atoms with E-state index >= 15 is 0 Å². The summed E-state index contributed by atoms with van der Waals surface area (Å²) in [7, 11) is -4.48. The van der Waals surface area contributed by atoms with Crippen LogP contribution in [-0.4, -0.2) is 77.5 Å². The number of carbonyl (C=O) groups excluding carboxylic acids is 3. The molecule has 4 N–H and O–H groups in total. The Kier molecular flexibility index (Phi) is 12.2. The number of sulfonamides is 1. The molecule has 1 unspecified atom stereocenters. The predicted molar refractivity (Wildman–Crippen MR) is 184 cm³/mol. The fourth-order valence-electron chi connectivity index (χ4n) is 5.20. The van der Waals surface area contributed by atoms with Crippen molar-refractivity contribution in [2.75, 3.05) is 18.5 Å². The lowest BCUT2D eigenvalue weighted by molar-refractivity contribution is -0.143. The largest absolute Gasteiger partial charge is 0.480 e. The lowest BCUT2D eigenvalue weighted by Crippen LogP contribution is -2.65. The molecule has 0 radical (unpaired) electrons. The summed E-state index contributed by atoms with van der Waals surface area (Å²) >= 11 is 24.3. The van der Waals surface area contributed by atoms with Crippen molar-refractivity contribution in [2.45, 2.75) is 42.3 Å². The van der Waals surface area contributed by atoms with Crippen molar-refractivity contribution < 1.29 is 37.4 Å². The summed E-state index contributed by atoms with van der Waals surface area (Å²) in [6.45, 7) is 4.36. The quantitative estimate of drug-likeness (QED) is 0.180. The molecule has 3 amide bonds.